The largest absolute Gasteiger partial charge is 0.445 e. The van der Waals surface area contributed by atoms with Crippen LogP contribution in [0.3, 0.4) is 0 Å². The molecule has 174 valence electrons. The summed E-state index contributed by atoms with van der Waals surface area (Å²) < 4.78 is 5.39. The molecule has 4 aromatic rings. The second kappa shape index (κ2) is 12.0. The number of carbonyl (C=O) groups excluding carboxylic acids is 1. The number of aliphatic hydroxyl groups is 1. The molecule has 0 aromatic heterocycles. The van der Waals surface area contributed by atoms with Gasteiger partial charge in [-0.3, -0.25) is 0 Å². The molecular formula is C29H30N2O3. The number of alkyl carbamates (subject to hydrolysis) is 1. The highest BCUT2D eigenvalue weighted by Crippen LogP contribution is 2.18. The van der Waals surface area contributed by atoms with E-state index in [2.05, 4.69) is 34.9 Å². The minimum atomic E-state index is -0.792. The van der Waals surface area contributed by atoms with Crippen molar-refractivity contribution in [2.75, 3.05) is 6.54 Å². The monoisotopic (exact) mass is 454 g/mol. The fourth-order valence-corrected chi connectivity index (χ4v) is 4.01. The van der Waals surface area contributed by atoms with Crippen LogP contribution in [0.2, 0.25) is 0 Å². The topological polar surface area (TPSA) is 70.6 Å². The van der Waals surface area contributed by atoms with Crippen molar-refractivity contribution in [3.05, 3.63) is 120 Å². The summed E-state index contributed by atoms with van der Waals surface area (Å²) in [6, 6.07) is 33.3. The van der Waals surface area contributed by atoms with Crippen molar-refractivity contribution < 1.29 is 14.6 Å². The first-order valence-electron chi connectivity index (χ1n) is 11.6. The molecular weight excluding hydrogens is 424 g/mol. The molecule has 5 heteroatoms. The average Bonchev–Trinajstić information content (AvgIpc) is 2.88. The molecule has 4 aromatic carbocycles. The SMILES string of the molecule is O=C(N[C@@H](Cc1ccccc1)[C@H](O)CNCc1cccc2ccccc12)OCc1ccccc1. The average molecular weight is 455 g/mol. The van der Waals surface area contributed by atoms with Crippen molar-refractivity contribution >= 4 is 16.9 Å². The number of amides is 1. The second-order valence-electron chi connectivity index (χ2n) is 8.34. The second-order valence-corrected chi connectivity index (χ2v) is 8.34. The maximum Gasteiger partial charge on any atom is 0.407 e. The van der Waals surface area contributed by atoms with Gasteiger partial charge in [0.25, 0.3) is 0 Å². The first kappa shape index (κ1) is 23.5. The third-order valence-corrected chi connectivity index (χ3v) is 5.83. The number of nitrogens with one attached hydrogen (secondary N) is 2. The molecule has 0 spiro atoms. The molecule has 4 rings (SSSR count). The van der Waals surface area contributed by atoms with Crippen LogP contribution in [0.4, 0.5) is 4.79 Å². The highest BCUT2D eigenvalue weighted by Gasteiger charge is 2.22. The number of rotatable bonds is 10. The van der Waals surface area contributed by atoms with Crippen LogP contribution in [0, 0.1) is 0 Å². The molecule has 0 heterocycles. The number of ether oxygens (including phenoxy) is 1. The minimum absolute atomic E-state index is 0.181. The van der Waals surface area contributed by atoms with Crippen LogP contribution in [0.1, 0.15) is 16.7 Å². The van der Waals surface area contributed by atoms with E-state index in [0.29, 0.717) is 19.5 Å². The number of hydrogen-bond donors (Lipinski definition) is 3. The van der Waals surface area contributed by atoms with E-state index in [-0.39, 0.29) is 6.61 Å². The summed E-state index contributed by atoms with van der Waals surface area (Å²) in [4.78, 5) is 12.5. The van der Waals surface area contributed by atoms with Gasteiger partial charge in [-0.05, 0) is 33.9 Å². The zero-order valence-electron chi connectivity index (χ0n) is 19.1. The minimum Gasteiger partial charge on any atom is -0.445 e. The van der Waals surface area contributed by atoms with Crippen molar-refractivity contribution in [3.63, 3.8) is 0 Å². The van der Waals surface area contributed by atoms with E-state index in [1.54, 1.807) is 0 Å². The van der Waals surface area contributed by atoms with Gasteiger partial charge in [0.2, 0.25) is 0 Å². The molecule has 34 heavy (non-hydrogen) atoms. The Hall–Kier alpha value is -3.67. The summed E-state index contributed by atoms with van der Waals surface area (Å²) >= 11 is 0. The molecule has 0 radical (unpaired) electrons. The normalized spacial score (nSPS) is 12.7. The van der Waals surface area contributed by atoms with Crippen LogP contribution in [-0.4, -0.2) is 29.9 Å². The van der Waals surface area contributed by atoms with Crippen LogP contribution in [-0.2, 0) is 24.3 Å². The van der Waals surface area contributed by atoms with Crippen molar-refractivity contribution in [3.8, 4) is 0 Å². The summed E-state index contributed by atoms with van der Waals surface area (Å²) in [5, 5.41) is 19.6. The molecule has 0 fully saturated rings. The molecule has 5 nitrogen and oxygen atoms in total. The maximum atomic E-state index is 12.5. The van der Waals surface area contributed by atoms with Gasteiger partial charge in [0, 0.05) is 13.1 Å². The Morgan fingerprint density at radius 3 is 2.21 bits per heavy atom. The quantitative estimate of drug-likeness (QED) is 0.321. The molecule has 1 amide bonds. The Morgan fingerprint density at radius 2 is 1.44 bits per heavy atom. The Kier molecular flexibility index (Phi) is 8.27. The van der Waals surface area contributed by atoms with E-state index in [4.69, 9.17) is 4.74 Å². The summed E-state index contributed by atoms with van der Waals surface area (Å²) in [7, 11) is 0. The third-order valence-electron chi connectivity index (χ3n) is 5.83. The van der Waals surface area contributed by atoms with E-state index in [0.717, 1.165) is 11.1 Å². The Balaban J connectivity index is 1.36. The van der Waals surface area contributed by atoms with Gasteiger partial charge in [0.05, 0.1) is 12.1 Å². The van der Waals surface area contributed by atoms with Gasteiger partial charge in [0.15, 0.2) is 0 Å². The molecule has 0 bridgehead atoms. The smallest absolute Gasteiger partial charge is 0.407 e. The van der Waals surface area contributed by atoms with Crippen molar-refractivity contribution in [1.29, 1.82) is 0 Å². The molecule has 0 aliphatic heterocycles. The van der Waals surface area contributed by atoms with Crippen molar-refractivity contribution in [2.24, 2.45) is 0 Å². The fraction of sp³-hybridized carbons (Fsp3) is 0.207. The van der Waals surface area contributed by atoms with Gasteiger partial charge >= 0.3 is 6.09 Å². The molecule has 0 saturated carbocycles. The molecule has 0 aliphatic rings. The lowest BCUT2D eigenvalue weighted by Gasteiger charge is -2.24. The Labute approximate surface area is 200 Å². The summed E-state index contributed by atoms with van der Waals surface area (Å²) in [6.45, 7) is 1.13. The van der Waals surface area contributed by atoms with Crippen LogP contribution >= 0.6 is 0 Å². The Bertz CT molecular complexity index is 1180. The number of hydrogen-bond acceptors (Lipinski definition) is 4. The lowest BCUT2D eigenvalue weighted by molar-refractivity contribution is 0.100. The van der Waals surface area contributed by atoms with Crippen LogP contribution in [0.25, 0.3) is 10.8 Å². The predicted molar refractivity (Wildman–Crippen MR) is 135 cm³/mol. The van der Waals surface area contributed by atoms with Crippen molar-refractivity contribution in [2.45, 2.75) is 31.7 Å². The maximum absolute atomic E-state index is 12.5. The molecule has 3 N–H and O–H groups in total. The zero-order chi connectivity index (χ0) is 23.6. The third kappa shape index (κ3) is 6.67. The summed E-state index contributed by atoms with van der Waals surface area (Å²) in [5.41, 5.74) is 3.11. The van der Waals surface area contributed by atoms with Gasteiger partial charge in [-0.2, -0.15) is 0 Å². The molecule has 0 aliphatic carbocycles. The van der Waals surface area contributed by atoms with E-state index >= 15 is 0 Å². The lowest BCUT2D eigenvalue weighted by atomic mass is 10.0. The van der Waals surface area contributed by atoms with Crippen LogP contribution in [0.5, 0.6) is 0 Å². The van der Waals surface area contributed by atoms with Crippen LogP contribution < -0.4 is 10.6 Å². The fourth-order valence-electron chi connectivity index (χ4n) is 4.01. The number of benzene rings is 4. The van der Waals surface area contributed by atoms with E-state index < -0.39 is 18.2 Å². The summed E-state index contributed by atoms with van der Waals surface area (Å²) in [6.07, 6.45) is -0.837. The number of carbonyl (C=O) groups is 1. The van der Waals surface area contributed by atoms with Gasteiger partial charge < -0.3 is 20.5 Å². The predicted octanol–water partition coefficient (Wildman–Crippen LogP) is 4.83. The van der Waals surface area contributed by atoms with E-state index in [1.165, 1.54) is 16.3 Å². The molecule has 0 unspecified atom stereocenters. The van der Waals surface area contributed by atoms with Crippen molar-refractivity contribution in [1.82, 2.24) is 10.6 Å². The van der Waals surface area contributed by atoms with Gasteiger partial charge in [-0.1, -0.05) is 103 Å². The van der Waals surface area contributed by atoms with Gasteiger partial charge in [0.1, 0.15) is 6.61 Å². The highest BCUT2D eigenvalue weighted by atomic mass is 16.5. The molecule has 0 saturated heterocycles. The number of fused-ring (bicyclic) bond motifs is 1. The van der Waals surface area contributed by atoms with Gasteiger partial charge in [-0.15, -0.1) is 0 Å². The Morgan fingerprint density at radius 1 is 0.794 bits per heavy atom. The highest BCUT2D eigenvalue weighted by molar-refractivity contribution is 5.85. The molecule has 2 atom stereocenters. The first-order chi connectivity index (χ1) is 16.7. The van der Waals surface area contributed by atoms with Gasteiger partial charge in [-0.25, -0.2) is 4.79 Å². The lowest BCUT2D eigenvalue weighted by Crippen LogP contribution is -2.48. The standard InChI is InChI=1S/C29H30N2O3/c32-28(20-30-19-25-16-9-15-24-14-7-8-17-26(24)25)27(18-22-10-3-1-4-11-22)31-29(33)34-21-23-12-5-2-6-13-23/h1-17,27-28,30,32H,18-21H2,(H,31,33)/t27-,28+/m0/s1. The summed E-state index contributed by atoms with van der Waals surface area (Å²) in [5.74, 6) is 0. The van der Waals surface area contributed by atoms with E-state index in [9.17, 15) is 9.90 Å². The van der Waals surface area contributed by atoms with Crippen LogP contribution in [0.15, 0.2) is 103 Å². The van der Waals surface area contributed by atoms with E-state index in [1.807, 2.05) is 78.9 Å². The number of aliphatic hydroxyl groups excluding tert-OH is 1. The first-order valence-corrected chi connectivity index (χ1v) is 11.6. The zero-order valence-corrected chi connectivity index (χ0v) is 19.1.